The van der Waals surface area contributed by atoms with Gasteiger partial charge < -0.3 is 10.6 Å². The fourth-order valence-electron chi connectivity index (χ4n) is 1.98. The predicted molar refractivity (Wildman–Crippen MR) is 54.6 cm³/mol. The number of carbonyl (C=O) groups excluding carboxylic acids is 1. The summed E-state index contributed by atoms with van der Waals surface area (Å²) < 4.78 is 0. The number of thioether (sulfide) groups is 1. The normalized spacial score (nSPS) is 34.5. The van der Waals surface area contributed by atoms with Gasteiger partial charge in [-0.1, -0.05) is 0 Å². The number of nitrogens with zero attached hydrogens (tertiary/aromatic N) is 1. The Labute approximate surface area is 83.0 Å². The molecule has 74 valence electrons. The van der Waals surface area contributed by atoms with Crippen LogP contribution < -0.4 is 5.73 Å². The SMILES string of the molecule is NC1CCN(CC2CCSC2)C1=O. The maximum absolute atomic E-state index is 11.5. The van der Waals surface area contributed by atoms with Crippen LogP contribution in [0.4, 0.5) is 0 Å². The summed E-state index contributed by atoms with van der Waals surface area (Å²) in [6.07, 6.45) is 2.11. The summed E-state index contributed by atoms with van der Waals surface area (Å²) in [6.45, 7) is 1.82. The molecule has 2 fully saturated rings. The summed E-state index contributed by atoms with van der Waals surface area (Å²) in [5.74, 6) is 3.37. The topological polar surface area (TPSA) is 46.3 Å². The van der Waals surface area contributed by atoms with Crippen LogP contribution in [0.3, 0.4) is 0 Å². The molecule has 0 radical (unpaired) electrons. The Morgan fingerprint density at radius 2 is 2.38 bits per heavy atom. The van der Waals surface area contributed by atoms with Crippen molar-refractivity contribution in [3.8, 4) is 0 Å². The van der Waals surface area contributed by atoms with E-state index in [1.165, 1.54) is 17.9 Å². The van der Waals surface area contributed by atoms with Crippen molar-refractivity contribution in [1.29, 1.82) is 0 Å². The first kappa shape index (κ1) is 9.34. The Kier molecular flexibility index (Phi) is 2.79. The lowest BCUT2D eigenvalue weighted by Gasteiger charge is -2.19. The zero-order valence-corrected chi connectivity index (χ0v) is 8.55. The van der Waals surface area contributed by atoms with Crippen molar-refractivity contribution in [2.24, 2.45) is 11.7 Å². The second-order valence-electron chi connectivity index (χ2n) is 3.91. The van der Waals surface area contributed by atoms with Crippen LogP contribution in [0.2, 0.25) is 0 Å². The first-order valence-corrected chi connectivity index (χ1v) is 6.05. The van der Waals surface area contributed by atoms with Crippen LogP contribution in [0.25, 0.3) is 0 Å². The average molecular weight is 200 g/mol. The highest BCUT2D eigenvalue weighted by Crippen LogP contribution is 2.25. The Balaban J connectivity index is 1.84. The van der Waals surface area contributed by atoms with Gasteiger partial charge in [-0.2, -0.15) is 11.8 Å². The number of nitrogens with two attached hydrogens (primary N) is 1. The highest BCUT2D eigenvalue weighted by atomic mass is 32.2. The van der Waals surface area contributed by atoms with Crippen molar-refractivity contribution in [3.63, 3.8) is 0 Å². The Morgan fingerprint density at radius 3 is 2.92 bits per heavy atom. The van der Waals surface area contributed by atoms with E-state index < -0.39 is 0 Å². The number of hydrogen-bond donors (Lipinski definition) is 1. The van der Waals surface area contributed by atoms with E-state index in [0.717, 1.165) is 25.4 Å². The van der Waals surface area contributed by atoms with E-state index in [1.807, 2.05) is 16.7 Å². The van der Waals surface area contributed by atoms with Gasteiger partial charge >= 0.3 is 0 Å². The summed E-state index contributed by atoms with van der Waals surface area (Å²) in [5, 5.41) is 0. The minimum atomic E-state index is -0.214. The lowest BCUT2D eigenvalue weighted by molar-refractivity contribution is -0.129. The zero-order chi connectivity index (χ0) is 9.26. The van der Waals surface area contributed by atoms with Gasteiger partial charge in [0.05, 0.1) is 6.04 Å². The van der Waals surface area contributed by atoms with Gasteiger partial charge in [-0.05, 0) is 30.3 Å². The molecule has 2 aliphatic rings. The van der Waals surface area contributed by atoms with E-state index in [-0.39, 0.29) is 11.9 Å². The number of amides is 1. The molecule has 4 heteroatoms. The molecule has 3 nitrogen and oxygen atoms in total. The van der Waals surface area contributed by atoms with Gasteiger partial charge in [0.1, 0.15) is 0 Å². The molecule has 2 unspecified atom stereocenters. The fourth-order valence-corrected chi connectivity index (χ4v) is 3.26. The monoisotopic (exact) mass is 200 g/mol. The van der Waals surface area contributed by atoms with Crippen LogP contribution >= 0.6 is 11.8 Å². The number of rotatable bonds is 2. The minimum absolute atomic E-state index is 0.164. The van der Waals surface area contributed by atoms with Crippen LogP contribution in [0.1, 0.15) is 12.8 Å². The molecule has 1 amide bonds. The zero-order valence-electron chi connectivity index (χ0n) is 7.74. The molecule has 2 atom stereocenters. The average Bonchev–Trinajstić information content (AvgIpc) is 2.71. The van der Waals surface area contributed by atoms with Gasteiger partial charge in [0.2, 0.25) is 5.91 Å². The molecule has 0 saturated carbocycles. The van der Waals surface area contributed by atoms with Gasteiger partial charge in [0.25, 0.3) is 0 Å². The first-order chi connectivity index (χ1) is 6.27. The highest BCUT2D eigenvalue weighted by Gasteiger charge is 2.30. The van der Waals surface area contributed by atoms with Crippen molar-refractivity contribution in [1.82, 2.24) is 4.90 Å². The maximum Gasteiger partial charge on any atom is 0.239 e. The van der Waals surface area contributed by atoms with Gasteiger partial charge in [-0.25, -0.2) is 0 Å². The standard InChI is InChI=1S/C9H16N2OS/c10-8-1-3-11(9(8)12)5-7-2-4-13-6-7/h7-8H,1-6,10H2. The van der Waals surface area contributed by atoms with Crippen LogP contribution in [0.5, 0.6) is 0 Å². The molecule has 13 heavy (non-hydrogen) atoms. The number of hydrogen-bond acceptors (Lipinski definition) is 3. The predicted octanol–water partition coefficient (Wildman–Crippen LogP) is 0.299. The molecule has 0 spiro atoms. The summed E-state index contributed by atoms with van der Waals surface area (Å²) in [6, 6.07) is -0.214. The van der Waals surface area contributed by atoms with Crippen molar-refractivity contribution >= 4 is 17.7 Å². The number of carbonyl (C=O) groups is 1. The van der Waals surface area contributed by atoms with Crippen LogP contribution in [0, 0.1) is 5.92 Å². The molecule has 2 N–H and O–H groups in total. The van der Waals surface area contributed by atoms with E-state index in [0.29, 0.717) is 0 Å². The molecule has 0 aromatic carbocycles. The molecule has 0 aliphatic carbocycles. The van der Waals surface area contributed by atoms with Crippen molar-refractivity contribution in [2.75, 3.05) is 24.6 Å². The molecular formula is C9H16N2OS. The Bertz CT molecular complexity index is 204. The molecule has 0 bridgehead atoms. The Morgan fingerprint density at radius 1 is 1.54 bits per heavy atom. The van der Waals surface area contributed by atoms with E-state index in [4.69, 9.17) is 5.73 Å². The van der Waals surface area contributed by atoms with Crippen molar-refractivity contribution in [3.05, 3.63) is 0 Å². The molecule has 2 heterocycles. The van der Waals surface area contributed by atoms with Crippen molar-refractivity contribution < 1.29 is 4.79 Å². The molecule has 0 aromatic rings. The fraction of sp³-hybridized carbons (Fsp3) is 0.889. The molecule has 2 aliphatic heterocycles. The van der Waals surface area contributed by atoms with Gasteiger partial charge in [0.15, 0.2) is 0 Å². The highest BCUT2D eigenvalue weighted by molar-refractivity contribution is 7.99. The second kappa shape index (κ2) is 3.88. The van der Waals surface area contributed by atoms with E-state index >= 15 is 0 Å². The third-order valence-corrected chi connectivity index (χ3v) is 4.07. The smallest absolute Gasteiger partial charge is 0.239 e. The van der Waals surface area contributed by atoms with E-state index in [9.17, 15) is 4.79 Å². The van der Waals surface area contributed by atoms with Crippen LogP contribution in [-0.4, -0.2) is 41.4 Å². The third-order valence-electron chi connectivity index (χ3n) is 2.84. The first-order valence-electron chi connectivity index (χ1n) is 4.89. The molecular weight excluding hydrogens is 184 g/mol. The van der Waals surface area contributed by atoms with Crippen molar-refractivity contribution in [2.45, 2.75) is 18.9 Å². The summed E-state index contributed by atoms with van der Waals surface area (Å²) in [4.78, 5) is 13.4. The van der Waals surface area contributed by atoms with Gasteiger partial charge in [-0.3, -0.25) is 4.79 Å². The van der Waals surface area contributed by atoms with Gasteiger partial charge in [0, 0.05) is 13.1 Å². The summed E-state index contributed by atoms with van der Waals surface area (Å²) in [5.41, 5.74) is 5.65. The van der Waals surface area contributed by atoms with Crippen LogP contribution in [-0.2, 0) is 4.79 Å². The maximum atomic E-state index is 11.5. The minimum Gasteiger partial charge on any atom is -0.341 e. The Hall–Kier alpha value is -0.220. The lowest BCUT2D eigenvalue weighted by atomic mass is 10.1. The van der Waals surface area contributed by atoms with E-state index in [2.05, 4.69) is 0 Å². The lowest BCUT2D eigenvalue weighted by Crippen LogP contribution is -2.36. The largest absolute Gasteiger partial charge is 0.341 e. The van der Waals surface area contributed by atoms with Gasteiger partial charge in [-0.15, -0.1) is 0 Å². The number of likely N-dealkylation sites (tertiary alicyclic amines) is 1. The van der Waals surface area contributed by atoms with Crippen LogP contribution in [0.15, 0.2) is 0 Å². The van der Waals surface area contributed by atoms with E-state index in [1.54, 1.807) is 0 Å². The summed E-state index contributed by atoms with van der Waals surface area (Å²) in [7, 11) is 0. The molecule has 2 rings (SSSR count). The quantitative estimate of drug-likeness (QED) is 0.697. The summed E-state index contributed by atoms with van der Waals surface area (Å²) >= 11 is 2.00. The third kappa shape index (κ3) is 1.99. The molecule has 2 saturated heterocycles. The molecule has 0 aromatic heterocycles. The second-order valence-corrected chi connectivity index (χ2v) is 5.06.